The van der Waals surface area contributed by atoms with Crippen molar-refractivity contribution in [1.29, 1.82) is 0 Å². The summed E-state index contributed by atoms with van der Waals surface area (Å²) in [5.74, 6) is -0.391. The SMILES string of the molecule is CN=C(NC)NCc1c(F)cccc1OC(F)F.I. The molecule has 2 N–H and O–H groups in total. The topological polar surface area (TPSA) is 45.7 Å². The molecular weight excluding hydrogens is 374 g/mol. The molecule has 0 saturated heterocycles. The Morgan fingerprint density at radius 3 is 2.63 bits per heavy atom. The predicted octanol–water partition coefficient (Wildman–Crippen LogP) is 2.34. The first-order chi connectivity index (χ1) is 8.58. The second kappa shape index (κ2) is 8.83. The van der Waals surface area contributed by atoms with E-state index in [2.05, 4.69) is 20.4 Å². The van der Waals surface area contributed by atoms with Crippen LogP contribution in [0.4, 0.5) is 13.2 Å². The van der Waals surface area contributed by atoms with Crippen LogP contribution in [0.25, 0.3) is 0 Å². The molecule has 0 heterocycles. The van der Waals surface area contributed by atoms with Crippen LogP contribution in [0.2, 0.25) is 0 Å². The van der Waals surface area contributed by atoms with E-state index in [1.807, 2.05) is 0 Å². The van der Waals surface area contributed by atoms with Gasteiger partial charge in [0.25, 0.3) is 0 Å². The van der Waals surface area contributed by atoms with Gasteiger partial charge in [0, 0.05) is 26.2 Å². The van der Waals surface area contributed by atoms with Crippen LogP contribution in [0.3, 0.4) is 0 Å². The van der Waals surface area contributed by atoms with Gasteiger partial charge >= 0.3 is 6.61 Å². The number of nitrogens with zero attached hydrogens (tertiary/aromatic N) is 1. The van der Waals surface area contributed by atoms with Crippen LogP contribution < -0.4 is 15.4 Å². The molecule has 1 aromatic carbocycles. The summed E-state index contributed by atoms with van der Waals surface area (Å²) in [5, 5.41) is 5.49. The summed E-state index contributed by atoms with van der Waals surface area (Å²) in [7, 11) is 3.17. The van der Waals surface area contributed by atoms with Gasteiger partial charge < -0.3 is 15.4 Å². The maximum absolute atomic E-state index is 13.5. The van der Waals surface area contributed by atoms with Crippen LogP contribution in [-0.2, 0) is 6.54 Å². The van der Waals surface area contributed by atoms with Crippen molar-refractivity contribution in [3.63, 3.8) is 0 Å². The molecule has 0 aliphatic carbocycles. The van der Waals surface area contributed by atoms with Crippen LogP contribution in [0.1, 0.15) is 5.56 Å². The number of hydrogen-bond acceptors (Lipinski definition) is 2. The number of rotatable bonds is 4. The van der Waals surface area contributed by atoms with Crippen molar-refractivity contribution in [1.82, 2.24) is 10.6 Å². The fourth-order valence-electron chi connectivity index (χ4n) is 1.37. The number of ether oxygens (including phenoxy) is 1. The van der Waals surface area contributed by atoms with Crippen molar-refractivity contribution in [3.8, 4) is 5.75 Å². The molecule has 1 aromatic rings. The highest BCUT2D eigenvalue weighted by Crippen LogP contribution is 2.23. The van der Waals surface area contributed by atoms with Crippen molar-refractivity contribution in [3.05, 3.63) is 29.6 Å². The monoisotopic (exact) mass is 389 g/mol. The van der Waals surface area contributed by atoms with Gasteiger partial charge in [-0.25, -0.2) is 4.39 Å². The number of hydrogen-bond donors (Lipinski definition) is 2. The highest BCUT2D eigenvalue weighted by atomic mass is 127. The molecule has 19 heavy (non-hydrogen) atoms. The standard InChI is InChI=1S/C11H14F3N3O.HI/c1-15-11(16-2)17-6-7-8(12)4-3-5-9(7)18-10(13)14;/h3-5,10H,6H2,1-2H3,(H2,15,16,17);1H. The summed E-state index contributed by atoms with van der Waals surface area (Å²) >= 11 is 0. The first-order valence-corrected chi connectivity index (χ1v) is 5.19. The molecule has 0 atom stereocenters. The van der Waals surface area contributed by atoms with Gasteiger partial charge in [0.05, 0.1) is 0 Å². The van der Waals surface area contributed by atoms with Crippen LogP contribution in [0, 0.1) is 5.82 Å². The second-order valence-electron chi connectivity index (χ2n) is 3.27. The third-order valence-electron chi connectivity index (χ3n) is 2.18. The fourth-order valence-corrected chi connectivity index (χ4v) is 1.37. The molecule has 0 aliphatic heterocycles. The lowest BCUT2D eigenvalue weighted by atomic mass is 10.2. The molecule has 108 valence electrons. The highest BCUT2D eigenvalue weighted by Gasteiger charge is 2.13. The number of nitrogens with one attached hydrogen (secondary N) is 2. The zero-order chi connectivity index (χ0) is 13.5. The Bertz CT molecular complexity index is 430. The molecule has 8 heteroatoms. The van der Waals surface area contributed by atoms with E-state index in [1.165, 1.54) is 25.2 Å². The first-order valence-electron chi connectivity index (χ1n) is 5.19. The van der Waals surface area contributed by atoms with Gasteiger partial charge in [-0.2, -0.15) is 8.78 Å². The molecule has 4 nitrogen and oxygen atoms in total. The van der Waals surface area contributed by atoms with Crippen LogP contribution >= 0.6 is 24.0 Å². The van der Waals surface area contributed by atoms with E-state index < -0.39 is 12.4 Å². The number of halogens is 4. The molecule has 0 radical (unpaired) electrons. The van der Waals surface area contributed by atoms with E-state index in [0.717, 1.165) is 0 Å². The minimum absolute atomic E-state index is 0. The zero-order valence-corrected chi connectivity index (χ0v) is 12.7. The average Bonchev–Trinajstić information content (AvgIpc) is 2.32. The van der Waals surface area contributed by atoms with Crippen LogP contribution in [0.15, 0.2) is 23.2 Å². The van der Waals surface area contributed by atoms with E-state index >= 15 is 0 Å². The Kier molecular flexibility index (Phi) is 8.28. The average molecular weight is 389 g/mol. The fraction of sp³-hybridized carbons (Fsp3) is 0.364. The van der Waals surface area contributed by atoms with Crippen molar-refractivity contribution in [2.45, 2.75) is 13.2 Å². The predicted molar refractivity (Wildman–Crippen MR) is 77.7 cm³/mol. The number of guanidine groups is 1. The Balaban J connectivity index is 0.00000324. The van der Waals surface area contributed by atoms with Gasteiger partial charge in [-0.15, -0.1) is 24.0 Å². The van der Waals surface area contributed by atoms with E-state index in [4.69, 9.17) is 0 Å². The Labute approximate surface area is 126 Å². The van der Waals surface area contributed by atoms with E-state index in [0.29, 0.717) is 5.96 Å². The molecule has 0 aliphatic rings. The summed E-state index contributed by atoms with van der Waals surface area (Å²) in [5.41, 5.74) is 0.0224. The van der Waals surface area contributed by atoms with Crippen molar-refractivity contribution in [2.75, 3.05) is 14.1 Å². The van der Waals surface area contributed by atoms with Crippen molar-refractivity contribution in [2.24, 2.45) is 4.99 Å². The Morgan fingerprint density at radius 2 is 2.11 bits per heavy atom. The quantitative estimate of drug-likeness (QED) is 0.472. The van der Waals surface area contributed by atoms with Crippen molar-refractivity contribution >= 4 is 29.9 Å². The van der Waals surface area contributed by atoms with Gasteiger partial charge in [0.2, 0.25) is 0 Å². The lowest BCUT2D eigenvalue weighted by molar-refractivity contribution is -0.0506. The molecule has 0 saturated carbocycles. The third kappa shape index (κ3) is 5.53. The van der Waals surface area contributed by atoms with Gasteiger partial charge in [-0.1, -0.05) is 6.07 Å². The molecular formula is C11H15F3IN3O. The van der Waals surface area contributed by atoms with Crippen molar-refractivity contribution < 1.29 is 17.9 Å². The van der Waals surface area contributed by atoms with E-state index in [9.17, 15) is 13.2 Å². The van der Waals surface area contributed by atoms with Gasteiger partial charge in [-0.3, -0.25) is 4.99 Å². The number of alkyl halides is 2. The van der Waals surface area contributed by atoms with Crippen LogP contribution in [-0.4, -0.2) is 26.7 Å². The molecule has 1 rings (SSSR count). The Morgan fingerprint density at radius 1 is 1.42 bits per heavy atom. The van der Waals surface area contributed by atoms with E-state index in [1.54, 1.807) is 7.05 Å². The largest absolute Gasteiger partial charge is 0.434 e. The minimum atomic E-state index is -2.99. The molecule has 0 unspecified atom stereocenters. The summed E-state index contributed by atoms with van der Waals surface area (Å²) in [6.07, 6.45) is 0. The maximum Gasteiger partial charge on any atom is 0.387 e. The minimum Gasteiger partial charge on any atom is -0.434 e. The molecule has 0 amide bonds. The molecule has 0 spiro atoms. The molecule has 0 fully saturated rings. The zero-order valence-electron chi connectivity index (χ0n) is 10.4. The summed E-state index contributed by atoms with van der Waals surface area (Å²) < 4.78 is 42.1. The number of aliphatic imine (C=N–C) groups is 1. The normalized spacial score (nSPS) is 10.9. The highest BCUT2D eigenvalue weighted by molar-refractivity contribution is 14.0. The second-order valence-corrected chi connectivity index (χ2v) is 3.27. The summed E-state index contributed by atoms with van der Waals surface area (Å²) in [6, 6.07) is 3.77. The smallest absolute Gasteiger partial charge is 0.387 e. The third-order valence-corrected chi connectivity index (χ3v) is 2.18. The molecule has 0 aromatic heterocycles. The maximum atomic E-state index is 13.5. The van der Waals surface area contributed by atoms with Gasteiger partial charge in [0.1, 0.15) is 11.6 Å². The van der Waals surface area contributed by atoms with Gasteiger partial charge in [-0.05, 0) is 12.1 Å². The first kappa shape index (κ1) is 17.8. The summed E-state index contributed by atoms with van der Waals surface area (Å²) in [6.45, 7) is -3.00. The van der Waals surface area contributed by atoms with Gasteiger partial charge in [0.15, 0.2) is 5.96 Å². The number of benzene rings is 1. The van der Waals surface area contributed by atoms with E-state index in [-0.39, 0.29) is 41.8 Å². The lowest BCUT2D eigenvalue weighted by Crippen LogP contribution is -2.34. The molecule has 0 bridgehead atoms. The summed E-state index contributed by atoms with van der Waals surface area (Å²) in [4.78, 5) is 3.82. The Hall–Kier alpha value is -1.19. The lowest BCUT2D eigenvalue weighted by Gasteiger charge is -2.13. The van der Waals surface area contributed by atoms with Crippen LogP contribution in [0.5, 0.6) is 5.75 Å².